The number of pyridine rings is 1. The third-order valence-electron chi connectivity index (χ3n) is 5.91. The molecule has 1 saturated heterocycles. The molecule has 0 radical (unpaired) electrons. The van der Waals surface area contributed by atoms with Crippen LogP contribution in [-0.2, 0) is 4.74 Å². The van der Waals surface area contributed by atoms with E-state index in [1.165, 1.54) is 11.6 Å². The first-order valence-corrected chi connectivity index (χ1v) is 11.0. The van der Waals surface area contributed by atoms with E-state index in [1.807, 2.05) is 12.1 Å². The zero-order chi connectivity index (χ0) is 23.5. The zero-order valence-electron chi connectivity index (χ0n) is 18.6. The van der Waals surface area contributed by atoms with Crippen LogP contribution in [0.4, 0.5) is 27.5 Å². The molecule has 0 saturated carbocycles. The summed E-state index contributed by atoms with van der Waals surface area (Å²) in [5.74, 6) is 1.42. The van der Waals surface area contributed by atoms with Crippen molar-refractivity contribution < 1.29 is 13.9 Å². The highest BCUT2D eigenvalue weighted by Crippen LogP contribution is 2.34. The number of benzene rings is 2. The SMILES string of the molecule is COc1cc(C2CCOCC2)ccc1Nc1nccc(Nc2cc3cccc(F)c3[nH]c2=O)n1. The summed E-state index contributed by atoms with van der Waals surface area (Å²) in [6.45, 7) is 1.55. The molecule has 1 aliphatic heterocycles. The summed E-state index contributed by atoms with van der Waals surface area (Å²) in [7, 11) is 1.63. The summed E-state index contributed by atoms with van der Waals surface area (Å²) >= 11 is 0. The number of aromatic amines is 1. The molecule has 2 aromatic heterocycles. The highest BCUT2D eigenvalue weighted by molar-refractivity contribution is 5.82. The van der Waals surface area contributed by atoms with Gasteiger partial charge in [-0.15, -0.1) is 0 Å². The van der Waals surface area contributed by atoms with Crippen molar-refractivity contribution >= 4 is 34.0 Å². The minimum absolute atomic E-state index is 0.166. The van der Waals surface area contributed by atoms with Crippen molar-refractivity contribution in [3.63, 3.8) is 0 Å². The molecule has 9 heteroatoms. The first-order valence-electron chi connectivity index (χ1n) is 11.0. The molecule has 0 bridgehead atoms. The second-order valence-corrected chi connectivity index (χ2v) is 8.08. The molecule has 5 rings (SSSR count). The van der Waals surface area contributed by atoms with E-state index in [0.29, 0.717) is 28.8 Å². The van der Waals surface area contributed by atoms with Gasteiger partial charge in [-0.05, 0) is 54.7 Å². The number of H-pyrrole nitrogens is 1. The van der Waals surface area contributed by atoms with Crippen molar-refractivity contribution in [3.8, 4) is 5.75 Å². The molecule has 0 aliphatic carbocycles. The van der Waals surface area contributed by atoms with Crippen molar-refractivity contribution in [1.82, 2.24) is 15.0 Å². The van der Waals surface area contributed by atoms with Crippen molar-refractivity contribution in [2.45, 2.75) is 18.8 Å². The van der Waals surface area contributed by atoms with Crippen LogP contribution in [0.3, 0.4) is 0 Å². The number of methoxy groups -OCH3 is 1. The first kappa shape index (κ1) is 21.8. The Balaban J connectivity index is 1.37. The van der Waals surface area contributed by atoms with Crippen LogP contribution in [0.15, 0.2) is 59.5 Å². The van der Waals surface area contributed by atoms with Gasteiger partial charge in [0.25, 0.3) is 5.56 Å². The summed E-state index contributed by atoms with van der Waals surface area (Å²) in [6.07, 6.45) is 3.57. The number of nitrogens with one attached hydrogen (secondary N) is 3. The Morgan fingerprint density at radius 2 is 1.94 bits per heavy atom. The Kier molecular flexibility index (Phi) is 6.09. The zero-order valence-corrected chi connectivity index (χ0v) is 18.6. The van der Waals surface area contributed by atoms with Crippen LogP contribution < -0.4 is 20.9 Å². The second-order valence-electron chi connectivity index (χ2n) is 8.08. The molecule has 0 atom stereocenters. The first-order chi connectivity index (χ1) is 16.6. The van der Waals surface area contributed by atoms with Gasteiger partial charge in [-0.25, -0.2) is 9.37 Å². The third kappa shape index (κ3) is 4.55. The van der Waals surface area contributed by atoms with Crippen LogP contribution in [0, 0.1) is 5.82 Å². The average molecular weight is 461 g/mol. The van der Waals surface area contributed by atoms with Crippen molar-refractivity contribution in [3.05, 3.63) is 76.5 Å². The molecule has 1 fully saturated rings. The molecule has 174 valence electrons. The molecule has 3 N–H and O–H groups in total. The number of aromatic nitrogens is 3. The number of ether oxygens (including phenoxy) is 2. The van der Waals surface area contributed by atoms with E-state index in [4.69, 9.17) is 9.47 Å². The van der Waals surface area contributed by atoms with E-state index in [9.17, 15) is 9.18 Å². The Morgan fingerprint density at radius 1 is 1.09 bits per heavy atom. The summed E-state index contributed by atoms with van der Waals surface area (Å²) in [6, 6.07) is 13.9. The summed E-state index contributed by atoms with van der Waals surface area (Å²) < 4.78 is 25.0. The van der Waals surface area contributed by atoms with Gasteiger partial charge in [-0.2, -0.15) is 4.98 Å². The number of para-hydroxylation sites is 1. The molecule has 3 heterocycles. The van der Waals surface area contributed by atoms with Crippen LogP contribution in [0.1, 0.15) is 24.3 Å². The van der Waals surface area contributed by atoms with Crippen LogP contribution in [-0.4, -0.2) is 35.3 Å². The van der Waals surface area contributed by atoms with Gasteiger partial charge < -0.3 is 25.1 Å². The Hall–Kier alpha value is -3.98. The van der Waals surface area contributed by atoms with Crippen LogP contribution in [0.2, 0.25) is 0 Å². The minimum Gasteiger partial charge on any atom is -0.495 e. The quantitative estimate of drug-likeness (QED) is 0.377. The molecule has 1 aliphatic rings. The lowest BCUT2D eigenvalue weighted by Crippen LogP contribution is -2.14. The third-order valence-corrected chi connectivity index (χ3v) is 5.91. The van der Waals surface area contributed by atoms with Gasteiger partial charge in [0.2, 0.25) is 5.95 Å². The maximum absolute atomic E-state index is 13.9. The van der Waals surface area contributed by atoms with E-state index < -0.39 is 11.4 Å². The molecule has 0 unspecified atom stereocenters. The molecular weight excluding hydrogens is 437 g/mol. The monoisotopic (exact) mass is 461 g/mol. The van der Waals surface area contributed by atoms with E-state index in [0.717, 1.165) is 31.7 Å². The van der Waals surface area contributed by atoms with E-state index in [-0.39, 0.29) is 11.2 Å². The van der Waals surface area contributed by atoms with Gasteiger partial charge in [0.15, 0.2) is 0 Å². The number of rotatable bonds is 6. The van der Waals surface area contributed by atoms with E-state index >= 15 is 0 Å². The molecule has 34 heavy (non-hydrogen) atoms. The predicted octanol–water partition coefficient (Wildman–Crippen LogP) is 4.85. The fourth-order valence-electron chi connectivity index (χ4n) is 4.13. The average Bonchev–Trinajstić information content (AvgIpc) is 2.86. The summed E-state index contributed by atoms with van der Waals surface area (Å²) in [5, 5.41) is 6.75. The molecular formula is C25H24FN5O3. The number of nitrogens with zero attached hydrogens (tertiary/aromatic N) is 2. The van der Waals surface area contributed by atoms with Gasteiger partial charge >= 0.3 is 0 Å². The van der Waals surface area contributed by atoms with E-state index in [1.54, 1.807) is 37.6 Å². The number of anilines is 4. The topological polar surface area (TPSA) is 101 Å². The standard InChI is InChI=1S/C25H24FN5O3/c1-33-21-14-16(15-8-11-34-12-9-15)5-6-19(21)29-25-27-10-7-22(30-25)28-20-13-17-3-2-4-18(26)23(17)31-24(20)32/h2-7,10,13-15H,8-9,11-12H2,1H3,(H,31,32)(H2,27,28,29,30). The number of fused-ring (bicyclic) bond motifs is 1. The Bertz CT molecular complexity index is 1380. The second kappa shape index (κ2) is 9.48. The molecule has 0 spiro atoms. The van der Waals surface area contributed by atoms with Gasteiger partial charge in [-0.1, -0.05) is 18.2 Å². The molecule has 2 aromatic carbocycles. The lowest BCUT2D eigenvalue weighted by Gasteiger charge is -2.23. The Morgan fingerprint density at radius 3 is 2.76 bits per heavy atom. The van der Waals surface area contributed by atoms with Gasteiger partial charge in [0.1, 0.15) is 23.1 Å². The predicted molar refractivity (Wildman–Crippen MR) is 129 cm³/mol. The highest BCUT2D eigenvalue weighted by atomic mass is 19.1. The minimum atomic E-state index is -0.480. The summed E-state index contributed by atoms with van der Waals surface area (Å²) in [4.78, 5) is 23.8. The van der Waals surface area contributed by atoms with Crippen molar-refractivity contribution in [1.29, 1.82) is 0 Å². The maximum Gasteiger partial charge on any atom is 0.272 e. The molecule has 0 amide bonds. The highest BCUT2D eigenvalue weighted by Gasteiger charge is 2.18. The number of hydrogen-bond acceptors (Lipinski definition) is 7. The van der Waals surface area contributed by atoms with Crippen LogP contribution in [0.5, 0.6) is 5.75 Å². The van der Waals surface area contributed by atoms with Crippen molar-refractivity contribution in [2.24, 2.45) is 0 Å². The lowest BCUT2D eigenvalue weighted by atomic mass is 9.91. The van der Waals surface area contributed by atoms with Gasteiger partial charge in [0, 0.05) is 24.8 Å². The van der Waals surface area contributed by atoms with Crippen molar-refractivity contribution in [2.75, 3.05) is 31.0 Å². The fraction of sp³-hybridized carbons (Fsp3) is 0.240. The molecule has 4 aromatic rings. The largest absolute Gasteiger partial charge is 0.495 e. The van der Waals surface area contributed by atoms with Crippen LogP contribution >= 0.6 is 0 Å². The van der Waals surface area contributed by atoms with Gasteiger partial charge in [-0.3, -0.25) is 4.79 Å². The Labute approximate surface area is 195 Å². The number of halogens is 1. The van der Waals surface area contributed by atoms with E-state index in [2.05, 4.69) is 31.7 Å². The smallest absolute Gasteiger partial charge is 0.272 e. The fourth-order valence-corrected chi connectivity index (χ4v) is 4.13. The number of hydrogen-bond donors (Lipinski definition) is 3. The normalized spacial score (nSPS) is 14.2. The maximum atomic E-state index is 13.9. The lowest BCUT2D eigenvalue weighted by molar-refractivity contribution is 0.0853. The van der Waals surface area contributed by atoms with Crippen LogP contribution in [0.25, 0.3) is 10.9 Å². The molecule has 8 nitrogen and oxygen atoms in total. The summed E-state index contributed by atoms with van der Waals surface area (Å²) in [5.41, 5.74) is 1.92. The van der Waals surface area contributed by atoms with Gasteiger partial charge in [0.05, 0.1) is 18.3 Å².